The Morgan fingerprint density at radius 1 is 0.968 bits per heavy atom. The van der Waals surface area contributed by atoms with Crippen molar-refractivity contribution < 1.29 is 33.3 Å². The van der Waals surface area contributed by atoms with E-state index in [1.807, 2.05) is 0 Å². The van der Waals surface area contributed by atoms with E-state index in [0.29, 0.717) is 22.6 Å². The number of likely N-dealkylation sites (N-methyl/N-ethyl adjacent to an activating group) is 1. The van der Waals surface area contributed by atoms with Crippen molar-refractivity contribution in [1.29, 1.82) is 0 Å². The fourth-order valence-corrected chi connectivity index (χ4v) is 4.18. The maximum atomic E-state index is 13.5. The number of carbonyl (C=O) groups is 3. The van der Waals surface area contributed by atoms with Gasteiger partial charge in [-0.3, -0.25) is 4.79 Å². The Bertz CT molecular complexity index is 1110. The van der Waals surface area contributed by atoms with Gasteiger partial charge in [0.25, 0.3) is 5.91 Å². The Morgan fingerprint density at radius 2 is 1.61 bits per heavy atom. The second-order valence-corrected chi connectivity index (χ2v) is 7.11. The third-order valence-corrected chi connectivity index (χ3v) is 5.64. The minimum atomic E-state index is -1.83. The van der Waals surface area contributed by atoms with Crippen LogP contribution in [0, 0.1) is 0 Å². The van der Waals surface area contributed by atoms with E-state index >= 15 is 0 Å². The second-order valence-electron chi connectivity index (χ2n) is 7.11. The van der Waals surface area contributed by atoms with Crippen molar-refractivity contribution in [3.05, 3.63) is 70.8 Å². The minimum absolute atomic E-state index is 0.0713. The molecule has 2 atom stereocenters. The highest BCUT2D eigenvalue weighted by molar-refractivity contribution is 6.17. The Kier molecular flexibility index (Phi) is 5.02. The van der Waals surface area contributed by atoms with Gasteiger partial charge in [-0.05, 0) is 23.8 Å². The van der Waals surface area contributed by atoms with Crippen LogP contribution >= 0.6 is 0 Å². The minimum Gasteiger partial charge on any atom is -0.497 e. The molecule has 0 bridgehead atoms. The van der Waals surface area contributed by atoms with Crippen molar-refractivity contribution in [2.75, 3.05) is 33.3 Å². The highest BCUT2D eigenvalue weighted by Crippen LogP contribution is 2.56. The van der Waals surface area contributed by atoms with Gasteiger partial charge in [0, 0.05) is 12.6 Å². The number of hydrogen-bond acceptors (Lipinski definition) is 7. The number of carbonyl (C=O) groups excluding carboxylic acids is 3. The molecule has 0 radical (unpaired) electrons. The average Bonchev–Trinajstić information content (AvgIpc) is 3.28. The zero-order chi connectivity index (χ0) is 22.3. The van der Waals surface area contributed by atoms with Gasteiger partial charge in [0.2, 0.25) is 5.60 Å². The summed E-state index contributed by atoms with van der Waals surface area (Å²) >= 11 is 0. The normalized spacial score (nSPS) is 22.0. The SMILES string of the molecule is COC(=O)C1=C(C(=O)OC)[C@@]2(O[C@H]1c1ccc(OC)cc1)C(=O)N(C)c1ccccc12. The van der Waals surface area contributed by atoms with Crippen LogP contribution in [0.15, 0.2) is 59.7 Å². The average molecular weight is 423 g/mol. The molecule has 8 nitrogen and oxygen atoms in total. The number of amides is 1. The molecule has 2 heterocycles. The smallest absolute Gasteiger partial charge is 0.338 e. The van der Waals surface area contributed by atoms with Crippen LogP contribution in [0.3, 0.4) is 0 Å². The molecule has 0 saturated carbocycles. The monoisotopic (exact) mass is 423 g/mol. The number of para-hydroxylation sites is 1. The first-order valence-corrected chi connectivity index (χ1v) is 9.51. The van der Waals surface area contributed by atoms with E-state index in [2.05, 4.69) is 0 Å². The molecule has 1 amide bonds. The second kappa shape index (κ2) is 7.55. The zero-order valence-corrected chi connectivity index (χ0v) is 17.5. The number of ether oxygens (including phenoxy) is 4. The van der Waals surface area contributed by atoms with Crippen molar-refractivity contribution in [2.24, 2.45) is 0 Å². The standard InChI is InChI=1S/C23H21NO7/c1-24-16-8-6-5-7-15(16)23(22(24)27)18(21(26)30-4)17(20(25)29-3)19(31-23)13-9-11-14(28-2)12-10-13/h5-12,19H,1-4H3/t19-,23+/m0/s1. The van der Waals surface area contributed by atoms with E-state index < -0.39 is 29.6 Å². The van der Waals surface area contributed by atoms with Crippen LogP contribution in [0.1, 0.15) is 17.2 Å². The van der Waals surface area contributed by atoms with Crippen molar-refractivity contribution in [3.8, 4) is 5.75 Å². The van der Waals surface area contributed by atoms with Gasteiger partial charge < -0.3 is 23.8 Å². The number of hydrogen-bond donors (Lipinski definition) is 0. The lowest BCUT2D eigenvalue weighted by atomic mass is 9.85. The van der Waals surface area contributed by atoms with Gasteiger partial charge in [0.1, 0.15) is 11.9 Å². The molecule has 0 saturated heterocycles. The molecule has 0 aromatic heterocycles. The van der Waals surface area contributed by atoms with E-state index in [4.69, 9.17) is 18.9 Å². The number of benzene rings is 2. The zero-order valence-electron chi connectivity index (χ0n) is 17.5. The summed E-state index contributed by atoms with van der Waals surface area (Å²) in [6.07, 6.45) is -1.03. The summed E-state index contributed by atoms with van der Waals surface area (Å²) in [6.45, 7) is 0. The molecular formula is C23H21NO7. The van der Waals surface area contributed by atoms with Gasteiger partial charge in [0.05, 0.1) is 38.2 Å². The Labute approximate surface area is 179 Å². The number of esters is 2. The molecule has 160 valence electrons. The van der Waals surface area contributed by atoms with Crippen molar-refractivity contribution in [2.45, 2.75) is 11.7 Å². The number of fused-ring (bicyclic) bond motifs is 2. The van der Waals surface area contributed by atoms with Gasteiger partial charge in [-0.2, -0.15) is 0 Å². The van der Waals surface area contributed by atoms with Crippen LogP contribution in [-0.4, -0.2) is 46.2 Å². The third kappa shape index (κ3) is 2.83. The largest absolute Gasteiger partial charge is 0.497 e. The van der Waals surface area contributed by atoms with E-state index in [1.165, 1.54) is 26.2 Å². The van der Waals surface area contributed by atoms with E-state index in [0.717, 1.165) is 0 Å². The van der Waals surface area contributed by atoms with Crippen LogP contribution in [0.4, 0.5) is 5.69 Å². The summed E-state index contributed by atoms with van der Waals surface area (Å²) in [4.78, 5) is 40.8. The van der Waals surface area contributed by atoms with Crippen molar-refractivity contribution in [3.63, 3.8) is 0 Å². The van der Waals surface area contributed by atoms with Gasteiger partial charge in [-0.25, -0.2) is 9.59 Å². The lowest BCUT2D eigenvalue weighted by Crippen LogP contribution is -2.42. The fraction of sp³-hybridized carbons (Fsp3) is 0.261. The van der Waals surface area contributed by atoms with E-state index in [9.17, 15) is 14.4 Å². The number of methoxy groups -OCH3 is 3. The van der Waals surface area contributed by atoms with Crippen molar-refractivity contribution >= 4 is 23.5 Å². The highest BCUT2D eigenvalue weighted by atomic mass is 16.6. The Balaban J connectivity index is 2.01. The summed E-state index contributed by atoms with van der Waals surface area (Å²) in [7, 11) is 5.52. The Morgan fingerprint density at radius 3 is 2.23 bits per heavy atom. The molecule has 2 aromatic rings. The maximum absolute atomic E-state index is 13.5. The van der Waals surface area contributed by atoms with E-state index in [-0.39, 0.29) is 11.1 Å². The lowest BCUT2D eigenvalue weighted by molar-refractivity contribution is -0.148. The molecule has 0 aliphatic carbocycles. The first kappa shape index (κ1) is 20.6. The predicted molar refractivity (Wildman–Crippen MR) is 109 cm³/mol. The molecule has 2 aliphatic rings. The molecule has 0 fully saturated rings. The van der Waals surface area contributed by atoms with E-state index in [1.54, 1.807) is 55.6 Å². The Hall–Kier alpha value is -3.65. The summed E-state index contributed by atoms with van der Waals surface area (Å²) < 4.78 is 21.5. The molecule has 0 unspecified atom stereocenters. The lowest BCUT2D eigenvalue weighted by Gasteiger charge is -2.26. The topological polar surface area (TPSA) is 91.4 Å². The van der Waals surface area contributed by atoms with Crippen LogP contribution in [0.25, 0.3) is 0 Å². The molecule has 31 heavy (non-hydrogen) atoms. The van der Waals surface area contributed by atoms with Crippen molar-refractivity contribution in [1.82, 2.24) is 0 Å². The van der Waals surface area contributed by atoms with Gasteiger partial charge >= 0.3 is 11.9 Å². The highest BCUT2D eigenvalue weighted by Gasteiger charge is 2.63. The van der Waals surface area contributed by atoms with Crippen LogP contribution in [0.2, 0.25) is 0 Å². The molecule has 2 aliphatic heterocycles. The molecule has 0 N–H and O–H groups in total. The first-order valence-electron chi connectivity index (χ1n) is 9.51. The van der Waals surface area contributed by atoms with Crippen LogP contribution in [-0.2, 0) is 34.2 Å². The molecule has 2 aromatic carbocycles. The first-order chi connectivity index (χ1) is 14.9. The molecule has 8 heteroatoms. The van der Waals surface area contributed by atoms with Gasteiger partial charge in [-0.1, -0.05) is 30.3 Å². The maximum Gasteiger partial charge on any atom is 0.338 e. The number of anilines is 1. The fourth-order valence-electron chi connectivity index (χ4n) is 4.18. The number of rotatable bonds is 4. The molecule has 4 rings (SSSR count). The number of nitrogens with zero attached hydrogens (tertiary/aromatic N) is 1. The van der Waals surface area contributed by atoms with Crippen LogP contribution < -0.4 is 9.64 Å². The molecule has 1 spiro atoms. The molecular weight excluding hydrogens is 402 g/mol. The summed E-state index contributed by atoms with van der Waals surface area (Å²) in [5.41, 5.74) is -0.484. The predicted octanol–water partition coefficient (Wildman–Crippen LogP) is 2.28. The van der Waals surface area contributed by atoms with Gasteiger partial charge in [-0.15, -0.1) is 0 Å². The summed E-state index contributed by atoms with van der Waals surface area (Å²) in [5.74, 6) is -1.51. The van der Waals surface area contributed by atoms with Crippen LogP contribution in [0.5, 0.6) is 5.75 Å². The van der Waals surface area contributed by atoms with Gasteiger partial charge in [0.15, 0.2) is 0 Å². The third-order valence-electron chi connectivity index (χ3n) is 5.64. The summed E-state index contributed by atoms with van der Waals surface area (Å²) in [5, 5.41) is 0. The quantitative estimate of drug-likeness (QED) is 0.697. The summed E-state index contributed by atoms with van der Waals surface area (Å²) in [6, 6.07) is 13.8.